The first kappa shape index (κ1) is 19.6. The Morgan fingerprint density at radius 1 is 1.10 bits per heavy atom. The summed E-state index contributed by atoms with van der Waals surface area (Å²) >= 11 is 6.21. The highest BCUT2D eigenvalue weighted by Gasteiger charge is 2.33. The van der Waals surface area contributed by atoms with Gasteiger partial charge < -0.3 is 18.8 Å². The van der Waals surface area contributed by atoms with Gasteiger partial charge >= 0.3 is 0 Å². The zero-order chi connectivity index (χ0) is 21.2. The molecule has 31 heavy (non-hydrogen) atoms. The predicted octanol–water partition coefficient (Wildman–Crippen LogP) is 4.37. The molecule has 2 aromatic carbocycles. The van der Waals surface area contributed by atoms with Gasteiger partial charge in [-0.3, -0.25) is 4.79 Å². The van der Waals surface area contributed by atoms with Crippen molar-refractivity contribution >= 4 is 23.6 Å². The van der Waals surface area contributed by atoms with E-state index in [0.29, 0.717) is 41.3 Å². The van der Waals surface area contributed by atoms with Gasteiger partial charge in [-0.15, -0.1) is 10.2 Å². The number of fused-ring (bicyclic) bond motifs is 1. The van der Waals surface area contributed by atoms with E-state index < -0.39 is 0 Å². The molecule has 2 aliphatic rings. The fraction of sp³-hybridized carbons (Fsp3) is 0.261. The van der Waals surface area contributed by atoms with Crippen LogP contribution in [0.15, 0.2) is 53.0 Å². The highest BCUT2D eigenvalue weighted by Crippen LogP contribution is 2.32. The Morgan fingerprint density at radius 2 is 1.90 bits per heavy atom. The number of rotatable bonds is 6. The molecule has 5 rings (SSSR count). The van der Waals surface area contributed by atoms with Gasteiger partial charge in [0.25, 0.3) is 0 Å². The topological polar surface area (TPSA) is 77.7 Å². The normalized spacial score (nSPS) is 15.3. The van der Waals surface area contributed by atoms with Crippen LogP contribution in [0.2, 0.25) is 5.02 Å². The minimum atomic E-state index is -0.102. The number of halogens is 1. The first-order valence-corrected chi connectivity index (χ1v) is 10.5. The van der Waals surface area contributed by atoms with Crippen LogP contribution in [-0.2, 0) is 11.3 Å². The summed E-state index contributed by atoms with van der Waals surface area (Å²) in [6.07, 6.45) is 5.28. The second-order valence-electron chi connectivity index (χ2n) is 7.41. The van der Waals surface area contributed by atoms with Gasteiger partial charge in [-0.2, -0.15) is 0 Å². The second-order valence-corrected chi connectivity index (χ2v) is 7.82. The number of hydrogen-bond donors (Lipinski definition) is 0. The van der Waals surface area contributed by atoms with Gasteiger partial charge in [0.2, 0.25) is 17.7 Å². The number of hydrogen-bond acceptors (Lipinski definition) is 6. The molecule has 0 bridgehead atoms. The van der Waals surface area contributed by atoms with Crippen LogP contribution in [0.1, 0.15) is 24.3 Å². The number of carbonyl (C=O) groups is 1. The van der Waals surface area contributed by atoms with Crippen LogP contribution >= 0.6 is 11.6 Å². The first-order valence-electron chi connectivity index (χ1n) is 10.1. The standard InChI is InChI=1S/C23H20ClN3O4/c24-18-4-2-1-3-17(18)23-26-25-21(31-23)14-27(16-7-8-16)22(28)10-6-15-5-9-19-20(13-15)30-12-11-29-19/h1-6,9-10,13,16H,7-8,11-12,14H2. The molecular formula is C23H20ClN3O4. The van der Waals surface area contributed by atoms with Gasteiger partial charge in [-0.05, 0) is 48.7 Å². The number of amides is 1. The Hall–Kier alpha value is -3.32. The van der Waals surface area contributed by atoms with Gasteiger partial charge in [0.05, 0.1) is 17.1 Å². The molecule has 0 radical (unpaired) electrons. The van der Waals surface area contributed by atoms with E-state index in [1.165, 1.54) is 0 Å². The summed E-state index contributed by atoms with van der Waals surface area (Å²) < 4.78 is 16.9. The van der Waals surface area contributed by atoms with Gasteiger partial charge in [0.15, 0.2) is 11.5 Å². The van der Waals surface area contributed by atoms with E-state index in [-0.39, 0.29) is 18.5 Å². The van der Waals surface area contributed by atoms with Gasteiger partial charge in [-0.25, -0.2) is 0 Å². The lowest BCUT2D eigenvalue weighted by molar-refractivity contribution is -0.127. The Kier molecular flexibility index (Phi) is 5.34. The van der Waals surface area contributed by atoms with Crippen LogP contribution in [-0.4, -0.2) is 40.3 Å². The maximum Gasteiger partial charge on any atom is 0.249 e. The zero-order valence-electron chi connectivity index (χ0n) is 16.7. The van der Waals surface area contributed by atoms with Crippen LogP contribution in [0.3, 0.4) is 0 Å². The van der Waals surface area contributed by atoms with E-state index in [1.807, 2.05) is 36.4 Å². The molecule has 1 aliphatic heterocycles. The molecule has 1 amide bonds. The van der Waals surface area contributed by atoms with Gasteiger partial charge in [0, 0.05) is 12.1 Å². The molecule has 0 N–H and O–H groups in total. The van der Waals surface area contributed by atoms with Crippen molar-refractivity contribution in [1.82, 2.24) is 15.1 Å². The lowest BCUT2D eigenvalue weighted by Crippen LogP contribution is -2.31. The Labute approximate surface area is 184 Å². The maximum atomic E-state index is 12.9. The fourth-order valence-electron chi connectivity index (χ4n) is 3.41. The molecule has 1 fully saturated rings. The fourth-order valence-corrected chi connectivity index (χ4v) is 3.62. The van der Waals surface area contributed by atoms with E-state index in [0.717, 1.165) is 24.2 Å². The summed E-state index contributed by atoms with van der Waals surface area (Å²) in [6, 6.07) is 13.1. The minimum absolute atomic E-state index is 0.102. The first-order chi connectivity index (χ1) is 15.2. The number of benzene rings is 2. The third-order valence-electron chi connectivity index (χ3n) is 5.13. The van der Waals surface area contributed by atoms with Crippen molar-refractivity contribution in [3.05, 3.63) is 65.0 Å². The highest BCUT2D eigenvalue weighted by atomic mass is 35.5. The van der Waals surface area contributed by atoms with E-state index in [1.54, 1.807) is 23.1 Å². The quantitative estimate of drug-likeness (QED) is 0.533. The van der Waals surface area contributed by atoms with Crippen molar-refractivity contribution in [2.45, 2.75) is 25.4 Å². The van der Waals surface area contributed by atoms with Crippen LogP contribution < -0.4 is 9.47 Å². The average Bonchev–Trinajstić information content (AvgIpc) is 3.53. The molecule has 1 saturated carbocycles. The van der Waals surface area contributed by atoms with Crippen molar-refractivity contribution in [3.8, 4) is 23.0 Å². The molecule has 2 heterocycles. The van der Waals surface area contributed by atoms with E-state index in [4.69, 9.17) is 25.5 Å². The molecule has 0 saturated heterocycles. The minimum Gasteiger partial charge on any atom is -0.486 e. The highest BCUT2D eigenvalue weighted by molar-refractivity contribution is 6.33. The van der Waals surface area contributed by atoms with Crippen LogP contribution in [0.4, 0.5) is 0 Å². The number of aromatic nitrogens is 2. The summed E-state index contributed by atoms with van der Waals surface area (Å²) in [6.45, 7) is 1.33. The molecule has 0 atom stereocenters. The summed E-state index contributed by atoms with van der Waals surface area (Å²) in [5.74, 6) is 2.03. The summed E-state index contributed by atoms with van der Waals surface area (Å²) in [5, 5.41) is 8.74. The molecule has 3 aromatic rings. The van der Waals surface area contributed by atoms with Crippen molar-refractivity contribution in [3.63, 3.8) is 0 Å². The van der Waals surface area contributed by atoms with Gasteiger partial charge in [-0.1, -0.05) is 29.8 Å². The second kappa shape index (κ2) is 8.43. The SMILES string of the molecule is O=C(C=Cc1ccc2c(c1)OCCO2)N(Cc1nnc(-c2ccccc2Cl)o1)C1CC1. The number of nitrogens with zero attached hydrogens (tertiary/aromatic N) is 3. The van der Waals surface area contributed by atoms with Crippen LogP contribution in [0, 0.1) is 0 Å². The lowest BCUT2D eigenvalue weighted by atomic mass is 10.1. The molecule has 1 aromatic heterocycles. The largest absolute Gasteiger partial charge is 0.486 e. The average molecular weight is 438 g/mol. The van der Waals surface area contributed by atoms with Crippen LogP contribution in [0.25, 0.3) is 17.5 Å². The van der Waals surface area contributed by atoms with Crippen molar-refractivity contribution in [2.24, 2.45) is 0 Å². The molecule has 7 nitrogen and oxygen atoms in total. The number of carbonyl (C=O) groups excluding carboxylic acids is 1. The maximum absolute atomic E-state index is 12.9. The Balaban J connectivity index is 1.30. The molecule has 158 valence electrons. The molecule has 0 unspecified atom stereocenters. The molecular weight excluding hydrogens is 418 g/mol. The van der Waals surface area contributed by atoms with Gasteiger partial charge in [0.1, 0.15) is 13.2 Å². The van der Waals surface area contributed by atoms with Crippen LogP contribution in [0.5, 0.6) is 11.5 Å². The smallest absolute Gasteiger partial charge is 0.249 e. The summed E-state index contributed by atoms with van der Waals surface area (Å²) in [5.41, 5.74) is 1.54. The summed E-state index contributed by atoms with van der Waals surface area (Å²) in [4.78, 5) is 14.7. The molecule has 0 spiro atoms. The molecule has 8 heteroatoms. The van der Waals surface area contributed by atoms with Crippen molar-refractivity contribution in [2.75, 3.05) is 13.2 Å². The Morgan fingerprint density at radius 3 is 2.71 bits per heavy atom. The Bertz CT molecular complexity index is 1140. The zero-order valence-corrected chi connectivity index (χ0v) is 17.4. The van der Waals surface area contributed by atoms with E-state index >= 15 is 0 Å². The summed E-state index contributed by atoms with van der Waals surface area (Å²) in [7, 11) is 0. The third-order valence-corrected chi connectivity index (χ3v) is 5.46. The predicted molar refractivity (Wildman–Crippen MR) is 115 cm³/mol. The monoisotopic (exact) mass is 437 g/mol. The van der Waals surface area contributed by atoms with Crippen molar-refractivity contribution < 1.29 is 18.7 Å². The van der Waals surface area contributed by atoms with E-state index in [2.05, 4.69) is 10.2 Å². The lowest BCUT2D eigenvalue weighted by Gasteiger charge is -2.19. The molecule has 1 aliphatic carbocycles. The number of ether oxygens (including phenoxy) is 2. The third kappa shape index (κ3) is 4.41. The van der Waals surface area contributed by atoms with E-state index in [9.17, 15) is 4.79 Å². The van der Waals surface area contributed by atoms with Crippen molar-refractivity contribution in [1.29, 1.82) is 0 Å².